The van der Waals surface area contributed by atoms with Crippen LogP contribution in [0.15, 0.2) is 70.0 Å². The van der Waals surface area contributed by atoms with Crippen molar-refractivity contribution in [3.05, 3.63) is 76.2 Å². The lowest BCUT2D eigenvalue weighted by molar-refractivity contribution is 0.0670. The number of methoxy groups -OCH3 is 1. The van der Waals surface area contributed by atoms with Crippen LogP contribution in [0.1, 0.15) is 12.8 Å². The molecule has 1 atom stereocenters. The van der Waals surface area contributed by atoms with Gasteiger partial charge in [-0.3, -0.25) is 9.36 Å². The van der Waals surface area contributed by atoms with Gasteiger partial charge in [-0.1, -0.05) is 11.6 Å². The highest BCUT2D eigenvalue weighted by Crippen LogP contribution is 2.31. The zero-order chi connectivity index (χ0) is 22.1. The van der Waals surface area contributed by atoms with Crippen LogP contribution in [0, 0.1) is 0 Å². The number of hydrogen-bond acceptors (Lipinski definition) is 5. The Morgan fingerprint density at radius 1 is 1.09 bits per heavy atom. The predicted octanol–water partition coefficient (Wildman–Crippen LogP) is 5.47. The van der Waals surface area contributed by atoms with Crippen LogP contribution in [0.3, 0.4) is 0 Å². The molecule has 0 saturated carbocycles. The lowest BCUT2D eigenvalue weighted by Crippen LogP contribution is -2.18. The van der Waals surface area contributed by atoms with Crippen LogP contribution in [0.2, 0.25) is 5.02 Å². The summed E-state index contributed by atoms with van der Waals surface area (Å²) in [7, 11) is 1.58. The average molecular weight is 452 g/mol. The Kier molecular flexibility index (Phi) is 5.64. The summed E-state index contributed by atoms with van der Waals surface area (Å²) in [5.41, 5.74) is 1.87. The molecule has 32 heavy (non-hydrogen) atoms. The minimum absolute atomic E-state index is 0.111. The molecule has 2 aromatic heterocycles. The number of furan rings is 1. The molecule has 0 bridgehead atoms. The van der Waals surface area contributed by atoms with Crippen LogP contribution in [-0.4, -0.2) is 31.0 Å². The third-order valence-corrected chi connectivity index (χ3v) is 5.84. The summed E-state index contributed by atoms with van der Waals surface area (Å²) < 4.78 is 24.5. The van der Waals surface area contributed by atoms with Crippen molar-refractivity contribution in [2.24, 2.45) is 0 Å². The second kappa shape index (κ2) is 8.73. The van der Waals surface area contributed by atoms with Gasteiger partial charge in [-0.15, -0.1) is 0 Å². The molecule has 1 saturated heterocycles. The second-order valence-electron chi connectivity index (χ2n) is 7.67. The van der Waals surface area contributed by atoms with Crippen molar-refractivity contribution in [3.63, 3.8) is 0 Å². The quantitative estimate of drug-likeness (QED) is 0.389. The molecule has 164 valence electrons. The summed E-state index contributed by atoms with van der Waals surface area (Å²) >= 11 is 5.97. The molecular weight excluding hydrogens is 430 g/mol. The van der Waals surface area contributed by atoms with Crippen molar-refractivity contribution in [2.45, 2.75) is 18.9 Å². The van der Waals surface area contributed by atoms with E-state index in [1.807, 2.05) is 24.3 Å². The van der Waals surface area contributed by atoms with Crippen molar-refractivity contribution in [1.82, 2.24) is 4.57 Å². The number of halogens is 1. The molecule has 1 aliphatic rings. The molecule has 4 aromatic rings. The van der Waals surface area contributed by atoms with E-state index in [-0.39, 0.29) is 11.7 Å². The lowest BCUT2D eigenvalue weighted by Gasteiger charge is -2.15. The SMILES string of the molecule is COc1cc(-n2ccc3oc(-c4ccc(Cl)cc4)cc3c2=O)ccc1OCC1CCCO1. The number of ether oxygens (including phenoxy) is 3. The van der Waals surface area contributed by atoms with Crippen LogP contribution in [-0.2, 0) is 4.74 Å². The van der Waals surface area contributed by atoms with Crippen LogP contribution in [0.4, 0.5) is 0 Å². The summed E-state index contributed by atoms with van der Waals surface area (Å²) in [5.74, 6) is 1.79. The number of fused-ring (bicyclic) bond motifs is 1. The van der Waals surface area contributed by atoms with Crippen LogP contribution >= 0.6 is 11.6 Å². The van der Waals surface area contributed by atoms with Crippen molar-refractivity contribution in [3.8, 4) is 28.5 Å². The number of benzene rings is 2. The number of aromatic nitrogens is 1. The first-order valence-electron chi connectivity index (χ1n) is 10.5. The lowest BCUT2D eigenvalue weighted by atomic mass is 10.1. The molecule has 5 rings (SSSR count). The van der Waals surface area contributed by atoms with Crippen LogP contribution in [0.5, 0.6) is 11.5 Å². The second-order valence-corrected chi connectivity index (χ2v) is 8.10. The monoisotopic (exact) mass is 451 g/mol. The molecule has 1 aliphatic heterocycles. The van der Waals surface area contributed by atoms with Gasteiger partial charge in [-0.05, 0) is 61.4 Å². The van der Waals surface area contributed by atoms with Crippen LogP contribution < -0.4 is 15.0 Å². The van der Waals surface area contributed by atoms with E-state index in [2.05, 4.69) is 0 Å². The molecule has 0 N–H and O–H groups in total. The Balaban J connectivity index is 1.46. The Morgan fingerprint density at radius 3 is 2.69 bits per heavy atom. The van der Waals surface area contributed by atoms with Crippen molar-refractivity contribution in [2.75, 3.05) is 20.3 Å². The molecule has 3 heterocycles. The molecule has 1 unspecified atom stereocenters. The normalized spacial score (nSPS) is 15.9. The highest BCUT2D eigenvalue weighted by molar-refractivity contribution is 6.30. The Hall–Kier alpha value is -3.22. The third-order valence-electron chi connectivity index (χ3n) is 5.59. The van der Waals surface area contributed by atoms with Gasteiger partial charge in [-0.25, -0.2) is 0 Å². The summed E-state index contributed by atoms with van der Waals surface area (Å²) in [6, 6.07) is 16.3. The summed E-state index contributed by atoms with van der Waals surface area (Å²) in [5, 5.41) is 1.14. The molecule has 0 spiro atoms. The fourth-order valence-corrected chi connectivity index (χ4v) is 4.01. The fraction of sp³-hybridized carbons (Fsp3) is 0.240. The molecule has 0 amide bonds. The highest BCUT2D eigenvalue weighted by Gasteiger charge is 2.18. The van der Waals surface area contributed by atoms with E-state index < -0.39 is 0 Å². The van der Waals surface area contributed by atoms with Gasteiger partial charge in [0.15, 0.2) is 11.5 Å². The van der Waals surface area contributed by atoms with Gasteiger partial charge in [0.05, 0.1) is 24.3 Å². The van der Waals surface area contributed by atoms with E-state index in [1.54, 1.807) is 48.2 Å². The van der Waals surface area contributed by atoms with Gasteiger partial charge in [0.25, 0.3) is 5.56 Å². The van der Waals surface area contributed by atoms with E-state index >= 15 is 0 Å². The number of hydrogen-bond donors (Lipinski definition) is 0. The van der Waals surface area contributed by atoms with E-state index in [0.717, 1.165) is 25.0 Å². The zero-order valence-corrected chi connectivity index (χ0v) is 18.3. The van der Waals surface area contributed by atoms with E-state index in [4.69, 9.17) is 30.2 Å². The Morgan fingerprint density at radius 2 is 1.94 bits per heavy atom. The van der Waals surface area contributed by atoms with Gasteiger partial charge >= 0.3 is 0 Å². The Bertz CT molecular complexity index is 1300. The highest BCUT2D eigenvalue weighted by atomic mass is 35.5. The minimum atomic E-state index is -0.179. The maximum atomic E-state index is 13.2. The van der Waals surface area contributed by atoms with Crippen molar-refractivity contribution >= 4 is 22.6 Å². The van der Waals surface area contributed by atoms with Crippen LogP contribution in [0.25, 0.3) is 28.0 Å². The van der Waals surface area contributed by atoms with E-state index in [0.29, 0.717) is 45.5 Å². The van der Waals surface area contributed by atoms with Crippen molar-refractivity contribution < 1.29 is 18.6 Å². The summed E-state index contributed by atoms with van der Waals surface area (Å²) in [4.78, 5) is 13.2. The van der Waals surface area contributed by atoms with Crippen molar-refractivity contribution in [1.29, 1.82) is 0 Å². The average Bonchev–Trinajstić information content (AvgIpc) is 3.49. The van der Waals surface area contributed by atoms with Gasteiger partial charge in [0.2, 0.25) is 0 Å². The van der Waals surface area contributed by atoms with Gasteiger partial charge in [0, 0.05) is 29.5 Å². The largest absolute Gasteiger partial charge is 0.493 e. The fourth-order valence-electron chi connectivity index (χ4n) is 3.88. The molecule has 1 fully saturated rings. The standard InChI is InChI=1S/C25H22ClNO5/c1-29-24-13-18(8-9-22(24)31-15-19-3-2-12-30-19)27-11-10-21-20(25(27)28)14-23(32-21)16-4-6-17(26)7-5-16/h4-11,13-14,19H,2-3,12,15H2,1H3. The number of pyridine rings is 1. The Labute approximate surface area is 189 Å². The smallest absolute Gasteiger partial charge is 0.266 e. The first-order chi connectivity index (χ1) is 15.6. The number of rotatable bonds is 6. The molecule has 0 radical (unpaired) electrons. The molecule has 6 nitrogen and oxygen atoms in total. The van der Waals surface area contributed by atoms with E-state index in [9.17, 15) is 4.79 Å². The minimum Gasteiger partial charge on any atom is -0.493 e. The maximum absolute atomic E-state index is 13.2. The third kappa shape index (κ3) is 3.99. The topological polar surface area (TPSA) is 62.8 Å². The molecule has 7 heteroatoms. The van der Waals surface area contributed by atoms with E-state index in [1.165, 1.54) is 0 Å². The number of nitrogens with zero attached hydrogens (tertiary/aromatic N) is 1. The summed E-state index contributed by atoms with van der Waals surface area (Å²) in [6.45, 7) is 1.26. The molecular formula is C25H22ClNO5. The molecule has 0 aliphatic carbocycles. The maximum Gasteiger partial charge on any atom is 0.266 e. The molecule has 2 aromatic carbocycles. The van der Waals surface area contributed by atoms with Gasteiger partial charge in [-0.2, -0.15) is 0 Å². The summed E-state index contributed by atoms with van der Waals surface area (Å²) in [6.07, 6.45) is 3.86. The first kappa shape index (κ1) is 20.7. The van der Waals surface area contributed by atoms with Gasteiger partial charge in [0.1, 0.15) is 18.0 Å². The predicted molar refractivity (Wildman–Crippen MR) is 123 cm³/mol. The first-order valence-corrected chi connectivity index (χ1v) is 10.8. The zero-order valence-electron chi connectivity index (χ0n) is 17.5. The van der Waals surface area contributed by atoms with Gasteiger partial charge < -0.3 is 18.6 Å².